The van der Waals surface area contributed by atoms with E-state index in [1.165, 1.54) is 46.2 Å². The fourth-order valence-corrected chi connectivity index (χ4v) is 8.88. The van der Waals surface area contributed by atoms with Crippen molar-refractivity contribution in [1.29, 1.82) is 0 Å². The summed E-state index contributed by atoms with van der Waals surface area (Å²) in [5, 5.41) is 15.9. The summed E-state index contributed by atoms with van der Waals surface area (Å²) in [5.41, 5.74) is 15.0. The monoisotopic (exact) mass is 748 g/mol. The number of amides is 1. The number of fused-ring (bicyclic) bond motifs is 3. The molecule has 1 saturated heterocycles. The first-order chi connectivity index (χ1) is 26.7. The Hall–Kier alpha value is -5.42. The zero-order valence-corrected chi connectivity index (χ0v) is 30.3. The van der Waals surface area contributed by atoms with Crippen LogP contribution >= 0.6 is 0 Å². The standard InChI is InChI=1S/C22H24F3N3O4.C22H19N/c23-12-8-15(24)20(16(25)9-12)19-10-18(27-32-19)21(29)26-17-6-7-28(11-14(17)22(30)31)13-4-2-1-3-5-13;23-22-18(20-13-19(20)14-6-2-1-3-7-14)11-10-17-16-9-5-4-8-15(16)12-21(17)22/h8-10,13-14,17H,1-7,11H2,(H,26,29)(H,30,31);1-11,19-20H,12-13,23H2/t14-,17-;19-,20+/m01/s1. The largest absolute Gasteiger partial charge is 0.481 e. The molecule has 5 aromatic rings. The molecule has 4 aromatic carbocycles. The lowest BCUT2D eigenvalue weighted by atomic mass is 9.87. The summed E-state index contributed by atoms with van der Waals surface area (Å²) in [6.07, 6.45) is 8.27. The smallest absolute Gasteiger partial charge is 0.309 e. The van der Waals surface area contributed by atoms with Crippen molar-refractivity contribution in [2.24, 2.45) is 5.92 Å². The summed E-state index contributed by atoms with van der Waals surface area (Å²) in [6, 6.07) is 25.9. The van der Waals surface area contributed by atoms with Crippen molar-refractivity contribution in [2.75, 3.05) is 18.8 Å². The first-order valence-corrected chi connectivity index (χ1v) is 19.1. The summed E-state index contributed by atoms with van der Waals surface area (Å²) in [5.74, 6) is -5.08. The number of aliphatic carboxylic acids is 1. The molecule has 0 spiro atoms. The molecule has 9 rings (SSSR count). The van der Waals surface area contributed by atoms with Gasteiger partial charge in [-0.05, 0) is 70.9 Å². The zero-order chi connectivity index (χ0) is 38.2. The number of rotatable bonds is 7. The number of aromatic nitrogens is 1. The van der Waals surface area contributed by atoms with E-state index in [2.05, 4.69) is 82.1 Å². The third-order valence-corrected chi connectivity index (χ3v) is 11.8. The van der Waals surface area contributed by atoms with Crippen molar-refractivity contribution in [3.63, 3.8) is 0 Å². The van der Waals surface area contributed by atoms with Gasteiger partial charge in [0.1, 0.15) is 17.5 Å². The summed E-state index contributed by atoms with van der Waals surface area (Å²) in [6.45, 7) is 1.02. The molecule has 2 saturated carbocycles. The van der Waals surface area contributed by atoms with Crippen molar-refractivity contribution < 1.29 is 32.4 Å². The van der Waals surface area contributed by atoms with Gasteiger partial charge in [0.2, 0.25) is 0 Å². The van der Waals surface area contributed by atoms with Crippen molar-refractivity contribution in [1.82, 2.24) is 15.4 Å². The molecule has 3 aliphatic carbocycles. The van der Waals surface area contributed by atoms with Crippen molar-refractivity contribution in [2.45, 2.75) is 75.3 Å². The normalized spacial score (nSPS) is 21.9. The zero-order valence-electron chi connectivity index (χ0n) is 30.3. The number of nitrogens with zero attached hydrogens (tertiary/aromatic N) is 2. The highest BCUT2D eigenvalue weighted by atomic mass is 19.1. The Morgan fingerprint density at radius 3 is 2.33 bits per heavy atom. The van der Waals surface area contributed by atoms with Crippen LogP contribution in [0.4, 0.5) is 18.9 Å². The van der Waals surface area contributed by atoms with Gasteiger partial charge in [0.15, 0.2) is 11.5 Å². The van der Waals surface area contributed by atoms with E-state index < -0.39 is 46.9 Å². The third kappa shape index (κ3) is 7.50. The van der Waals surface area contributed by atoms with E-state index in [-0.39, 0.29) is 11.5 Å². The molecular formula is C44H43F3N4O4. The molecule has 1 aromatic heterocycles. The Morgan fingerprint density at radius 1 is 0.855 bits per heavy atom. The van der Waals surface area contributed by atoms with Gasteiger partial charge in [0.05, 0.1) is 11.5 Å². The van der Waals surface area contributed by atoms with Crippen molar-refractivity contribution in [3.8, 4) is 22.5 Å². The number of hydrogen-bond donors (Lipinski definition) is 3. The van der Waals surface area contributed by atoms with E-state index in [0.29, 0.717) is 49.5 Å². The maximum atomic E-state index is 14.0. The Balaban J connectivity index is 0.000000163. The van der Waals surface area contributed by atoms with Gasteiger partial charge in [0.25, 0.3) is 5.91 Å². The Morgan fingerprint density at radius 2 is 1.58 bits per heavy atom. The minimum absolute atomic E-state index is 0.248. The fourth-order valence-electron chi connectivity index (χ4n) is 8.88. The predicted octanol–water partition coefficient (Wildman–Crippen LogP) is 8.71. The Bertz CT molecular complexity index is 2200. The third-order valence-electron chi connectivity index (χ3n) is 11.8. The van der Waals surface area contributed by atoms with Gasteiger partial charge in [-0.3, -0.25) is 14.5 Å². The number of carbonyl (C=O) groups excluding carboxylic acids is 1. The number of carboxylic acids is 1. The van der Waals surface area contributed by atoms with Crippen LogP contribution in [0.25, 0.3) is 22.5 Å². The second-order valence-corrected chi connectivity index (χ2v) is 15.2. The molecule has 55 heavy (non-hydrogen) atoms. The molecule has 0 radical (unpaired) electrons. The molecule has 4 atom stereocenters. The minimum atomic E-state index is -1.19. The molecule has 0 unspecified atom stereocenters. The van der Waals surface area contributed by atoms with Crippen molar-refractivity contribution >= 4 is 17.6 Å². The Labute approximate surface area is 317 Å². The number of likely N-dealkylation sites (tertiary alicyclic amines) is 1. The number of carboxylic acid groups (broad SMARTS) is 1. The molecule has 0 bridgehead atoms. The molecule has 8 nitrogen and oxygen atoms in total. The van der Waals surface area contributed by atoms with Crippen LogP contribution in [0.3, 0.4) is 0 Å². The highest BCUT2D eigenvalue weighted by Crippen LogP contribution is 2.57. The van der Waals surface area contributed by atoms with Gasteiger partial charge in [-0.15, -0.1) is 0 Å². The number of piperidine rings is 1. The van der Waals surface area contributed by atoms with Crippen LogP contribution in [0.2, 0.25) is 0 Å². The van der Waals surface area contributed by atoms with Crippen LogP contribution in [-0.4, -0.2) is 52.2 Å². The van der Waals surface area contributed by atoms with Crippen LogP contribution in [0.5, 0.6) is 0 Å². The van der Waals surface area contributed by atoms with E-state index in [1.807, 2.05) is 0 Å². The minimum Gasteiger partial charge on any atom is -0.481 e. The second-order valence-electron chi connectivity index (χ2n) is 15.2. The molecule has 1 amide bonds. The van der Waals surface area contributed by atoms with Gasteiger partial charge in [-0.25, -0.2) is 13.2 Å². The van der Waals surface area contributed by atoms with Gasteiger partial charge in [-0.1, -0.05) is 91.1 Å². The quantitative estimate of drug-likeness (QED) is 0.140. The number of carbonyl (C=O) groups is 2. The van der Waals surface area contributed by atoms with E-state index in [1.54, 1.807) is 0 Å². The average molecular weight is 749 g/mol. The predicted molar refractivity (Wildman–Crippen MR) is 203 cm³/mol. The van der Waals surface area contributed by atoms with Gasteiger partial charge in [0, 0.05) is 55.5 Å². The average Bonchev–Trinajstić information content (AvgIpc) is 3.65. The van der Waals surface area contributed by atoms with E-state index in [0.717, 1.165) is 43.9 Å². The van der Waals surface area contributed by atoms with Crippen LogP contribution in [0.1, 0.15) is 89.5 Å². The summed E-state index contributed by atoms with van der Waals surface area (Å²) >= 11 is 0. The highest BCUT2D eigenvalue weighted by molar-refractivity contribution is 5.93. The summed E-state index contributed by atoms with van der Waals surface area (Å²) in [4.78, 5) is 26.7. The van der Waals surface area contributed by atoms with Crippen molar-refractivity contribution in [3.05, 3.63) is 130 Å². The maximum Gasteiger partial charge on any atom is 0.309 e. The molecule has 4 aliphatic rings. The lowest BCUT2D eigenvalue weighted by molar-refractivity contribution is -0.145. The maximum absolute atomic E-state index is 14.0. The lowest BCUT2D eigenvalue weighted by Gasteiger charge is -2.42. The lowest BCUT2D eigenvalue weighted by Crippen LogP contribution is -2.56. The number of benzene rings is 4. The SMILES string of the molecule is Nc1c([C@@H]2C[C@@H]2c2ccccc2)ccc2c1Cc1ccccc1-2.O=C(N[C@H]1CCN(C2CCCCC2)C[C@@H]1C(=O)O)c1cc(-c2c(F)cc(F)cc2F)on1. The van der Waals surface area contributed by atoms with E-state index in [9.17, 15) is 27.9 Å². The molecule has 3 fully saturated rings. The Kier molecular flexibility index (Phi) is 10.2. The molecule has 2 heterocycles. The van der Waals surface area contributed by atoms with Crippen LogP contribution < -0.4 is 11.1 Å². The van der Waals surface area contributed by atoms with E-state index in [4.69, 9.17) is 10.3 Å². The van der Waals surface area contributed by atoms with Crippen LogP contribution in [-0.2, 0) is 11.2 Å². The molecule has 284 valence electrons. The molecule has 11 heteroatoms. The number of halogens is 3. The topological polar surface area (TPSA) is 122 Å². The second kappa shape index (κ2) is 15.4. The van der Waals surface area contributed by atoms with Gasteiger partial charge < -0.3 is 20.7 Å². The summed E-state index contributed by atoms with van der Waals surface area (Å²) < 4.78 is 46.0. The number of hydrogen-bond acceptors (Lipinski definition) is 6. The fraction of sp³-hybridized carbons (Fsp3) is 0.341. The highest BCUT2D eigenvalue weighted by Gasteiger charge is 2.41. The van der Waals surface area contributed by atoms with E-state index >= 15 is 0 Å². The first kappa shape index (κ1) is 36.6. The summed E-state index contributed by atoms with van der Waals surface area (Å²) in [7, 11) is 0. The number of nitrogen functional groups attached to an aromatic ring is 1. The first-order valence-electron chi connectivity index (χ1n) is 19.1. The van der Waals surface area contributed by atoms with Gasteiger partial charge >= 0.3 is 5.97 Å². The number of nitrogens with one attached hydrogen (secondary N) is 1. The van der Waals surface area contributed by atoms with Crippen LogP contribution in [0, 0.1) is 23.4 Å². The number of anilines is 1. The number of nitrogens with two attached hydrogens (primary N) is 1. The van der Waals surface area contributed by atoms with Gasteiger partial charge in [-0.2, -0.15) is 0 Å². The molecular weight excluding hydrogens is 706 g/mol. The molecule has 1 aliphatic heterocycles. The van der Waals surface area contributed by atoms with Crippen LogP contribution in [0.15, 0.2) is 89.5 Å². The molecule has 4 N–H and O–H groups in total.